The Morgan fingerprint density at radius 2 is 1.83 bits per heavy atom. The summed E-state index contributed by atoms with van der Waals surface area (Å²) in [5.74, 6) is -0.255. The molecule has 72 valence electrons. The zero-order chi connectivity index (χ0) is 9.94. The molecule has 0 saturated carbocycles. The van der Waals surface area contributed by atoms with E-state index in [-0.39, 0.29) is 11.3 Å². The van der Waals surface area contributed by atoms with Gasteiger partial charge >= 0.3 is 0 Å². The van der Waals surface area contributed by atoms with E-state index in [1.807, 2.05) is 6.92 Å². The van der Waals surface area contributed by atoms with Gasteiger partial charge in [-0.15, -0.1) is 0 Å². The topological polar surface area (TPSA) is 69.1 Å². The summed E-state index contributed by atoms with van der Waals surface area (Å²) in [7, 11) is 0. The summed E-state index contributed by atoms with van der Waals surface area (Å²) in [6, 6.07) is -0.510. The summed E-state index contributed by atoms with van der Waals surface area (Å²) in [4.78, 5) is 10.7. The number of carbonyl (C=O) groups is 1. The van der Waals surface area contributed by atoms with E-state index in [9.17, 15) is 4.79 Å². The van der Waals surface area contributed by atoms with Crippen LogP contribution in [0.5, 0.6) is 0 Å². The fraction of sp³-hybridized carbons (Fsp3) is 0.889. The molecule has 2 atom stereocenters. The monoisotopic (exact) mass is 172 g/mol. The minimum absolute atomic E-state index is 0.155. The van der Waals surface area contributed by atoms with Crippen LogP contribution in [0.15, 0.2) is 0 Å². The molecule has 0 aliphatic rings. The molecule has 4 N–H and O–H groups in total. The van der Waals surface area contributed by atoms with Gasteiger partial charge in [-0.1, -0.05) is 27.7 Å². The van der Waals surface area contributed by atoms with E-state index in [1.165, 1.54) is 0 Å². The average Bonchev–Trinajstić information content (AvgIpc) is 1.82. The van der Waals surface area contributed by atoms with Crippen LogP contribution in [0.1, 0.15) is 34.1 Å². The van der Waals surface area contributed by atoms with E-state index < -0.39 is 11.9 Å². The number of hydrogen-bond donors (Lipinski definition) is 2. The van der Waals surface area contributed by atoms with E-state index in [2.05, 4.69) is 20.8 Å². The molecule has 0 aliphatic heterocycles. The molecule has 3 heteroatoms. The van der Waals surface area contributed by atoms with Crippen molar-refractivity contribution < 1.29 is 4.79 Å². The lowest BCUT2D eigenvalue weighted by Gasteiger charge is -2.25. The van der Waals surface area contributed by atoms with Crippen LogP contribution >= 0.6 is 0 Å². The molecule has 0 heterocycles. The Kier molecular flexibility index (Phi) is 3.71. The van der Waals surface area contributed by atoms with Gasteiger partial charge in [0.15, 0.2) is 0 Å². The predicted molar refractivity (Wildman–Crippen MR) is 50.4 cm³/mol. The fourth-order valence-corrected chi connectivity index (χ4v) is 1.37. The van der Waals surface area contributed by atoms with Crippen molar-refractivity contribution in [2.45, 2.75) is 40.2 Å². The normalized spacial score (nSPS) is 17.1. The number of nitrogens with two attached hydrogens (primary N) is 2. The van der Waals surface area contributed by atoms with Gasteiger partial charge < -0.3 is 11.5 Å². The molecular weight excluding hydrogens is 152 g/mol. The molecule has 0 saturated heterocycles. The van der Waals surface area contributed by atoms with Crippen LogP contribution in [0.3, 0.4) is 0 Å². The molecule has 0 aliphatic carbocycles. The van der Waals surface area contributed by atoms with E-state index in [4.69, 9.17) is 11.5 Å². The molecule has 0 radical (unpaired) electrons. The molecule has 0 aromatic carbocycles. The third-order valence-corrected chi connectivity index (χ3v) is 1.88. The maximum absolute atomic E-state index is 10.7. The highest BCUT2D eigenvalue weighted by Gasteiger charge is 2.23. The van der Waals surface area contributed by atoms with Gasteiger partial charge in [0.05, 0.1) is 6.04 Å². The first kappa shape index (κ1) is 11.4. The highest BCUT2D eigenvalue weighted by atomic mass is 16.1. The second kappa shape index (κ2) is 3.90. The highest BCUT2D eigenvalue weighted by Crippen LogP contribution is 2.25. The van der Waals surface area contributed by atoms with Crippen LogP contribution in [0, 0.1) is 11.3 Å². The Labute approximate surface area is 74.5 Å². The summed E-state index contributed by atoms with van der Waals surface area (Å²) < 4.78 is 0. The summed E-state index contributed by atoms with van der Waals surface area (Å²) in [5, 5.41) is 0. The molecule has 0 fully saturated rings. The van der Waals surface area contributed by atoms with Crippen molar-refractivity contribution in [2.24, 2.45) is 22.8 Å². The van der Waals surface area contributed by atoms with Gasteiger partial charge in [0.2, 0.25) is 5.91 Å². The van der Waals surface area contributed by atoms with Gasteiger partial charge in [0.1, 0.15) is 0 Å². The summed E-state index contributed by atoms with van der Waals surface area (Å²) >= 11 is 0. The minimum atomic E-state index is -0.510. The number of amides is 1. The largest absolute Gasteiger partial charge is 0.368 e. The van der Waals surface area contributed by atoms with Crippen molar-refractivity contribution >= 4 is 5.91 Å². The number of rotatable bonds is 3. The van der Waals surface area contributed by atoms with Crippen LogP contribution < -0.4 is 11.5 Å². The Morgan fingerprint density at radius 3 is 2.08 bits per heavy atom. The van der Waals surface area contributed by atoms with E-state index >= 15 is 0 Å². The van der Waals surface area contributed by atoms with E-state index in [1.54, 1.807) is 0 Å². The standard InChI is InChI=1S/C9H20N2O/c1-6(5-9(2,3)4)7(10)8(11)12/h6-7H,5,10H2,1-4H3,(H2,11,12). The van der Waals surface area contributed by atoms with Gasteiger partial charge in [-0.05, 0) is 17.8 Å². The first-order valence-corrected chi connectivity index (χ1v) is 4.29. The molecule has 0 aromatic rings. The Hall–Kier alpha value is -0.570. The molecule has 1 amide bonds. The van der Waals surface area contributed by atoms with Crippen LogP contribution in [0.25, 0.3) is 0 Å². The van der Waals surface area contributed by atoms with Crippen molar-refractivity contribution in [1.82, 2.24) is 0 Å². The van der Waals surface area contributed by atoms with Gasteiger partial charge in [-0.3, -0.25) is 4.79 Å². The first-order valence-electron chi connectivity index (χ1n) is 4.29. The third-order valence-electron chi connectivity index (χ3n) is 1.88. The van der Waals surface area contributed by atoms with Gasteiger partial charge in [0.25, 0.3) is 0 Å². The zero-order valence-corrected chi connectivity index (χ0v) is 8.42. The Balaban J connectivity index is 4.04. The van der Waals surface area contributed by atoms with Gasteiger partial charge in [0, 0.05) is 0 Å². The number of primary amides is 1. The van der Waals surface area contributed by atoms with Crippen LogP contribution in [0.2, 0.25) is 0 Å². The Bertz CT molecular complexity index is 160. The molecule has 0 rings (SSSR count). The molecule has 0 aromatic heterocycles. The van der Waals surface area contributed by atoms with Crippen molar-refractivity contribution in [3.63, 3.8) is 0 Å². The molecular formula is C9H20N2O. The van der Waals surface area contributed by atoms with Crippen molar-refractivity contribution in [3.8, 4) is 0 Å². The van der Waals surface area contributed by atoms with Gasteiger partial charge in [-0.2, -0.15) is 0 Å². The second-order valence-electron chi connectivity index (χ2n) is 4.67. The van der Waals surface area contributed by atoms with Crippen LogP contribution in [0.4, 0.5) is 0 Å². The molecule has 0 bridgehead atoms. The molecule has 12 heavy (non-hydrogen) atoms. The average molecular weight is 172 g/mol. The molecule has 3 nitrogen and oxygen atoms in total. The maximum atomic E-state index is 10.7. The van der Waals surface area contributed by atoms with E-state index in [0.717, 1.165) is 6.42 Å². The number of carbonyl (C=O) groups excluding carboxylic acids is 1. The number of hydrogen-bond acceptors (Lipinski definition) is 2. The molecule has 2 unspecified atom stereocenters. The predicted octanol–water partition coefficient (Wildman–Crippen LogP) is 0.871. The summed E-state index contributed by atoms with van der Waals surface area (Å²) in [6.07, 6.45) is 0.914. The van der Waals surface area contributed by atoms with Crippen molar-refractivity contribution in [1.29, 1.82) is 0 Å². The minimum Gasteiger partial charge on any atom is -0.368 e. The second-order valence-corrected chi connectivity index (χ2v) is 4.67. The quantitative estimate of drug-likeness (QED) is 0.663. The summed E-state index contributed by atoms with van der Waals surface area (Å²) in [5.41, 5.74) is 10.9. The maximum Gasteiger partial charge on any atom is 0.234 e. The zero-order valence-electron chi connectivity index (χ0n) is 8.42. The van der Waals surface area contributed by atoms with Crippen molar-refractivity contribution in [2.75, 3.05) is 0 Å². The summed E-state index contributed by atoms with van der Waals surface area (Å²) in [6.45, 7) is 8.33. The van der Waals surface area contributed by atoms with Crippen molar-refractivity contribution in [3.05, 3.63) is 0 Å². The Morgan fingerprint density at radius 1 is 1.42 bits per heavy atom. The molecule has 0 spiro atoms. The smallest absolute Gasteiger partial charge is 0.234 e. The SMILES string of the molecule is CC(CC(C)(C)C)C(N)C(N)=O. The van der Waals surface area contributed by atoms with Crippen LogP contribution in [-0.2, 0) is 4.79 Å². The lowest BCUT2D eigenvalue weighted by Crippen LogP contribution is -2.42. The van der Waals surface area contributed by atoms with E-state index in [0.29, 0.717) is 0 Å². The highest BCUT2D eigenvalue weighted by molar-refractivity contribution is 5.79. The fourth-order valence-electron chi connectivity index (χ4n) is 1.37. The lowest BCUT2D eigenvalue weighted by atomic mass is 9.82. The lowest BCUT2D eigenvalue weighted by molar-refractivity contribution is -0.120. The van der Waals surface area contributed by atoms with Gasteiger partial charge in [-0.25, -0.2) is 0 Å². The first-order chi connectivity index (χ1) is 5.24. The van der Waals surface area contributed by atoms with Crippen LogP contribution in [-0.4, -0.2) is 11.9 Å². The third kappa shape index (κ3) is 4.34.